The normalized spacial score (nSPS) is 12.7. The van der Waals surface area contributed by atoms with E-state index in [-0.39, 0.29) is 5.75 Å². The zero-order valence-electron chi connectivity index (χ0n) is 10.8. The molecule has 0 aliphatic carbocycles. The van der Waals surface area contributed by atoms with Gasteiger partial charge in [-0.3, -0.25) is 0 Å². The zero-order chi connectivity index (χ0) is 14.3. The molecule has 0 heterocycles. The summed E-state index contributed by atoms with van der Waals surface area (Å²) < 4.78 is 6.25. The van der Waals surface area contributed by atoms with Crippen LogP contribution in [-0.2, 0) is 9.53 Å². The Morgan fingerprint density at radius 1 is 1.56 bits per heavy atom. The van der Waals surface area contributed by atoms with E-state index in [1.165, 1.54) is 0 Å². The van der Waals surface area contributed by atoms with Crippen molar-refractivity contribution < 1.29 is 19.4 Å². The molecule has 0 spiro atoms. The lowest BCUT2D eigenvalue weighted by atomic mass is 10.2. The van der Waals surface area contributed by atoms with Gasteiger partial charge < -0.3 is 9.84 Å². The minimum atomic E-state index is -1.12. The fraction of sp³-hybridized carbons (Fsp3) is 0.636. The Hall–Kier alpha value is -0.820. The first-order chi connectivity index (χ1) is 8.22. The van der Waals surface area contributed by atoms with Crippen molar-refractivity contribution in [2.24, 2.45) is 0 Å². The number of aliphatic carboxylic acids is 1. The van der Waals surface area contributed by atoms with Gasteiger partial charge in [0.05, 0.1) is 0 Å². The minimum Gasteiger partial charge on any atom is -0.480 e. The molecule has 0 aromatic heterocycles. The molecule has 0 saturated carbocycles. The molecule has 18 heavy (non-hydrogen) atoms. The highest BCUT2D eigenvalue weighted by Gasteiger charge is 2.32. The van der Waals surface area contributed by atoms with Gasteiger partial charge in [0.25, 0.3) is 0 Å². The number of hydrogen-bond donors (Lipinski definition) is 2. The number of nitrogens with zero attached hydrogens (tertiary/aromatic N) is 1. The molecule has 0 bridgehead atoms. The van der Waals surface area contributed by atoms with Gasteiger partial charge in [0.1, 0.15) is 5.60 Å². The Morgan fingerprint density at radius 2 is 2.11 bits per heavy atom. The van der Waals surface area contributed by atoms with Gasteiger partial charge in [-0.25, -0.2) is 13.9 Å². The molecular formula is C11H19NO4S2. The van der Waals surface area contributed by atoms with Crippen LogP contribution in [0.25, 0.3) is 0 Å². The summed E-state index contributed by atoms with van der Waals surface area (Å²) in [5.41, 5.74) is -0.677. The molecule has 1 atom stereocenters. The van der Waals surface area contributed by atoms with E-state index in [9.17, 15) is 9.59 Å². The number of carboxylic acids is 1. The molecule has 7 heteroatoms. The topological polar surface area (TPSA) is 66.8 Å². The second kappa shape index (κ2) is 7.58. The van der Waals surface area contributed by atoms with E-state index >= 15 is 0 Å². The maximum Gasteiger partial charge on any atom is 0.421 e. The van der Waals surface area contributed by atoms with Crippen molar-refractivity contribution in [3.05, 3.63) is 12.7 Å². The molecule has 0 aromatic carbocycles. The number of carboxylic acid groups (broad SMARTS) is 1. The Bertz CT molecular complexity index is 315. The van der Waals surface area contributed by atoms with Crippen LogP contribution in [-0.4, -0.2) is 44.6 Å². The summed E-state index contributed by atoms with van der Waals surface area (Å²) in [6.07, 6.45) is 0.898. The number of carbonyl (C=O) groups excluding carboxylic acids is 1. The summed E-state index contributed by atoms with van der Waals surface area (Å²) in [6, 6.07) is -1.03. The maximum absolute atomic E-state index is 11.9. The molecule has 0 radical (unpaired) electrons. The second-order valence-electron chi connectivity index (χ2n) is 4.43. The summed E-state index contributed by atoms with van der Waals surface area (Å²) in [5, 5.41) is 9.05. The number of thiol groups is 1. The molecule has 0 aliphatic rings. The molecule has 0 rings (SSSR count). The predicted molar refractivity (Wildman–Crippen MR) is 76.0 cm³/mol. The third-order valence-corrected chi connectivity index (χ3v) is 3.06. The van der Waals surface area contributed by atoms with Gasteiger partial charge in [0, 0.05) is 11.5 Å². The van der Waals surface area contributed by atoms with E-state index in [1.807, 2.05) is 0 Å². The van der Waals surface area contributed by atoms with Gasteiger partial charge in [-0.15, -0.1) is 6.58 Å². The molecule has 1 N–H and O–H groups in total. The third kappa shape index (κ3) is 6.20. The van der Waals surface area contributed by atoms with Crippen molar-refractivity contribution >= 4 is 36.6 Å². The van der Waals surface area contributed by atoms with Gasteiger partial charge in [-0.2, -0.15) is 12.6 Å². The van der Waals surface area contributed by atoms with E-state index in [1.54, 1.807) is 26.8 Å². The lowest BCUT2D eigenvalue weighted by molar-refractivity contribution is -0.140. The SMILES string of the molecule is C=CCSN(C(=O)OC(C)(C)C)[C@@H](CS)C(=O)O. The molecule has 0 unspecified atom stereocenters. The van der Waals surface area contributed by atoms with Crippen molar-refractivity contribution in [2.45, 2.75) is 32.4 Å². The highest BCUT2D eigenvalue weighted by Crippen LogP contribution is 2.21. The van der Waals surface area contributed by atoms with E-state index in [4.69, 9.17) is 9.84 Å². The largest absolute Gasteiger partial charge is 0.480 e. The standard InChI is InChI=1S/C11H19NO4S2/c1-5-6-18-12(8(7-17)9(13)14)10(15)16-11(2,3)4/h5,8,17H,1,6-7H2,2-4H3,(H,13,14)/t8-/m0/s1. The fourth-order valence-corrected chi connectivity index (χ4v) is 2.15. The number of ether oxygens (including phenoxy) is 1. The number of amides is 1. The highest BCUT2D eigenvalue weighted by atomic mass is 32.2. The van der Waals surface area contributed by atoms with Gasteiger partial charge in [0.2, 0.25) is 0 Å². The Kier molecular flexibility index (Phi) is 7.23. The van der Waals surface area contributed by atoms with Crippen LogP contribution in [0.15, 0.2) is 12.7 Å². The van der Waals surface area contributed by atoms with Crippen LogP contribution in [0.1, 0.15) is 20.8 Å². The minimum absolute atomic E-state index is 0.0126. The maximum atomic E-state index is 11.9. The molecule has 1 amide bonds. The van der Waals surface area contributed by atoms with E-state index in [0.29, 0.717) is 5.75 Å². The molecule has 0 aromatic rings. The third-order valence-electron chi connectivity index (χ3n) is 1.65. The van der Waals surface area contributed by atoms with Crippen LogP contribution in [0.5, 0.6) is 0 Å². The quantitative estimate of drug-likeness (QED) is 0.447. The Balaban J connectivity index is 4.90. The first-order valence-corrected chi connectivity index (χ1v) is 6.90. The smallest absolute Gasteiger partial charge is 0.421 e. The average molecular weight is 293 g/mol. The first kappa shape index (κ1) is 17.2. The molecule has 104 valence electrons. The van der Waals surface area contributed by atoms with Crippen LogP contribution < -0.4 is 0 Å². The van der Waals surface area contributed by atoms with E-state index < -0.39 is 23.7 Å². The summed E-state index contributed by atoms with van der Waals surface area (Å²) >= 11 is 5.00. The Labute approximate surface area is 117 Å². The number of rotatable bonds is 6. The van der Waals surface area contributed by atoms with Crippen molar-refractivity contribution in [2.75, 3.05) is 11.5 Å². The summed E-state index contributed by atoms with van der Waals surface area (Å²) in [5.74, 6) is -0.692. The summed E-state index contributed by atoms with van der Waals surface area (Å²) in [4.78, 5) is 23.0. The van der Waals surface area contributed by atoms with Crippen molar-refractivity contribution in [1.82, 2.24) is 4.31 Å². The molecule has 0 fully saturated rings. The van der Waals surface area contributed by atoms with E-state index in [0.717, 1.165) is 16.3 Å². The van der Waals surface area contributed by atoms with Crippen LogP contribution in [0.2, 0.25) is 0 Å². The Morgan fingerprint density at radius 3 is 2.44 bits per heavy atom. The van der Waals surface area contributed by atoms with Crippen LogP contribution >= 0.6 is 24.6 Å². The van der Waals surface area contributed by atoms with Crippen LogP contribution in [0.4, 0.5) is 4.79 Å². The molecule has 0 aliphatic heterocycles. The average Bonchev–Trinajstić information content (AvgIpc) is 2.20. The van der Waals surface area contributed by atoms with Crippen molar-refractivity contribution in [3.63, 3.8) is 0 Å². The monoisotopic (exact) mass is 293 g/mol. The zero-order valence-corrected chi connectivity index (χ0v) is 12.5. The van der Waals surface area contributed by atoms with Gasteiger partial charge in [-0.05, 0) is 32.7 Å². The van der Waals surface area contributed by atoms with Crippen molar-refractivity contribution in [3.8, 4) is 0 Å². The highest BCUT2D eigenvalue weighted by molar-refractivity contribution is 7.97. The van der Waals surface area contributed by atoms with Gasteiger partial charge in [0.15, 0.2) is 6.04 Å². The number of hydrogen-bond acceptors (Lipinski definition) is 5. The van der Waals surface area contributed by atoms with Gasteiger partial charge >= 0.3 is 12.1 Å². The molecule has 5 nitrogen and oxygen atoms in total. The predicted octanol–water partition coefficient (Wildman–Crippen LogP) is 2.44. The summed E-state index contributed by atoms with van der Waals surface area (Å²) in [7, 11) is 0. The van der Waals surface area contributed by atoms with E-state index in [2.05, 4.69) is 19.2 Å². The lowest BCUT2D eigenvalue weighted by Gasteiger charge is -2.29. The fourth-order valence-electron chi connectivity index (χ4n) is 0.962. The summed E-state index contributed by atoms with van der Waals surface area (Å²) in [6.45, 7) is 8.69. The van der Waals surface area contributed by atoms with Gasteiger partial charge in [-0.1, -0.05) is 6.08 Å². The van der Waals surface area contributed by atoms with Crippen LogP contribution in [0.3, 0.4) is 0 Å². The lowest BCUT2D eigenvalue weighted by Crippen LogP contribution is -2.44. The molecule has 0 saturated heterocycles. The van der Waals surface area contributed by atoms with Crippen molar-refractivity contribution in [1.29, 1.82) is 0 Å². The molecular weight excluding hydrogens is 274 g/mol. The second-order valence-corrected chi connectivity index (χ2v) is 5.78. The first-order valence-electron chi connectivity index (χ1n) is 5.32. The van der Waals surface area contributed by atoms with Crippen LogP contribution in [0, 0.1) is 0 Å². The number of carbonyl (C=O) groups is 2.